The zero-order valence-electron chi connectivity index (χ0n) is 12.6. The molecule has 0 aromatic heterocycles. The number of hydrogen-bond acceptors (Lipinski definition) is 3. The molecule has 4 N–H and O–H groups in total. The number of anilines is 1. The first-order chi connectivity index (χ1) is 9.49. The van der Waals surface area contributed by atoms with E-state index in [1.807, 2.05) is 25.1 Å². The second-order valence-corrected chi connectivity index (χ2v) is 6.28. The van der Waals surface area contributed by atoms with Crippen LogP contribution in [0.2, 0.25) is 0 Å². The molecule has 1 aliphatic rings. The van der Waals surface area contributed by atoms with Crippen molar-refractivity contribution >= 4 is 11.6 Å². The van der Waals surface area contributed by atoms with Gasteiger partial charge in [0.1, 0.15) is 0 Å². The molecule has 4 heteroatoms. The number of amides is 1. The quantitative estimate of drug-likeness (QED) is 0.587. The van der Waals surface area contributed by atoms with Crippen molar-refractivity contribution in [3.8, 4) is 0 Å². The van der Waals surface area contributed by atoms with E-state index in [1.165, 1.54) is 6.42 Å². The number of carbonyl (C=O) groups excluding carboxylic acids is 1. The number of benzene rings is 1. The molecule has 20 heavy (non-hydrogen) atoms. The highest BCUT2D eigenvalue weighted by atomic mass is 16.1. The summed E-state index contributed by atoms with van der Waals surface area (Å²) in [5.41, 5.74) is 4.98. The molecule has 0 aliphatic heterocycles. The van der Waals surface area contributed by atoms with Gasteiger partial charge in [0.15, 0.2) is 0 Å². The first-order valence-electron chi connectivity index (χ1n) is 7.37. The largest absolute Gasteiger partial charge is 0.349 e. The Kier molecular flexibility index (Phi) is 4.65. The third-order valence-corrected chi connectivity index (χ3v) is 4.09. The molecule has 1 aromatic rings. The number of nitrogens with one attached hydrogen (secondary N) is 2. The molecule has 1 amide bonds. The fourth-order valence-electron chi connectivity index (χ4n) is 3.30. The van der Waals surface area contributed by atoms with Crippen molar-refractivity contribution in [2.75, 3.05) is 5.43 Å². The molecule has 2 rings (SSSR count). The van der Waals surface area contributed by atoms with Gasteiger partial charge in [0.05, 0.1) is 11.3 Å². The van der Waals surface area contributed by atoms with Crippen molar-refractivity contribution in [3.05, 3.63) is 29.3 Å². The van der Waals surface area contributed by atoms with Crippen LogP contribution in [0.25, 0.3) is 0 Å². The summed E-state index contributed by atoms with van der Waals surface area (Å²) in [5, 5.41) is 3.16. The van der Waals surface area contributed by atoms with E-state index in [2.05, 4.69) is 24.6 Å². The predicted octanol–water partition coefficient (Wildman–Crippen LogP) is 2.84. The summed E-state index contributed by atoms with van der Waals surface area (Å²) in [6.07, 6.45) is 3.38. The minimum Gasteiger partial charge on any atom is -0.349 e. The molecule has 1 saturated carbocycles. The average Bonchev–Trinajstić information content (AvgIpc) is 2.37. The highest BCUT2D eigenvalue weighted by molar-refractivity contribution is 5.99. The van der Waals surface area contributed by atoms with Gasteiger partial charge in [0, 0.05) is 6.04 Å². The van der Waals surface area contributed by atoms with Crippen LogP contribution in [-0.4, -0.2) is 11.9 Å². The average molecular weight is 275 g/mol. The molecule has 0 heterocycles. The van der Waals surface area contributed by atoms with E-state index >= 15 is 0 Å². The van der Waals surface area contributed by atoms with Gasteiger partial charge in [-0.3, -0.25) is 10.6 Å². The van der Waals surface area contributed by atoms with E-state index in [0.29, 0.717) is 23.1 Å². The summed E-state index contributed by atoms with van der Waals surface area (Å²) in [4.78, 5) is 12.4. The highest BCUT2D eigenvalue weighted by Crippen LogP contribution is 2.29. The molecule has 1 aliphatic carbocycles. The highest BCUT2D eigenvalue weighted by Gasteiger charge is 2.25. The van der Waals surface area contributed by atoms with Crippen LogP contribution < -0.4 is 16.6 Å². The van der Waals surface area contributed by atoms with Crippen molar-refractivity contribution < 1.29 is 4.79 Å². The third-order valence-electron chi connectivity index (χ3n) is 4.09. The summed E-state index contributed by atoms with van der Waals surface area (Å²) < 4.78 is 0. The first kappa shape index (κ1) is 14.9. The molecule has 0 saturated heterocycles. The minimum absolute atomic E-state index is 0.0377. The lowest BCUT2D eigenvalue weighted by molar-refractivity contribution is 0.0912. The van der Waals surface area contributed by atoms with E-state index in [4.69, 9.17) is 5.84 Å². The molecule has 2 unspecified atom stereocenters. The summed E-state index contributed by atoms with van der Waals surface area (Å²) >= 11 is 0. The van der Waals surface area contributed by atoms with Gasteiger partial charge in [0.25, 0.3) is 5.91 Å². The molecule has 0 spiro atoms. The molecular weight excluding hydrogens is 250 g/mol. The summed E-state index contributed by atoms with van der Waals surface area (Å²) in [6, 6.07) is 5.92. The van der Waals surface area contributed by atoms with Crippen LogP contribution in [0.4, 0.5) is 5.69 Å². The number of carbonyl (C=O) groups is 1. The molecule has 4 nitrogen and oxygen atoms in total. The normalized spacial score (nSPS) is 26.1. The Labute approximate surface area is 121 Å². The Morgan fingerprint density at radius 3 is 2.45 bits per heavy atom. The van der Waals surface area contributed by atoms with Crippen LogP contribution >= 0.6 is 0 Å². The van der Waals surface area contributed by atoms with Gasteiger partial charge >= 0.3 is 0 Å². The van der Waals surface area contributed by atoms with Crippen molar-refractivity contribution in [3.63, 3.8) is 0 Å². The van der Waals surface area contributed by atoms with Gasteiger partial charge in [-0.05, 0) is 55.7 Å². The molecule has 110 valence electrons. The number of aryl methyl sites for hydroxylation is 1. The lowest BCUT2D eigenvalue weighted by Gasteiger charge is -2.32. The molecule has 0 radical (unpaired) electrons. The second-order valence-electron chi connectivity index (χ2n) is 6.28. The number of hydrazine groups is 1. The predicted molar refractivity (Wildman–Crippen MR) is 82.4 cm³/mol. The maximum atomic E-state index is 12.4. The van der Waals surface area contributed by atoms with E-state index in [-0.39, 0.29) is 11.9 Å². The number of nitrogen functional groups attached to an aromatic ring is 1. The lowest BCUT2D eigenvalue weighted by atomic mass is 9.80. The third kappa shape index (κ3) is 3.51. The maximum Gasteiger partial charge on any atom is 0.253 e. The molecule has 1 aromatic carbocycles. The Hall–Kier alpha value is -1.55. The van der Waals surface area contributed by atoms with Crippen LogP contribution in [0.5, 0.6) is 0 Å². The van der Waals surface area contributed by atoms with Crippen LogP contribution in [0.15, 0.2) is 18.2 Å². The minimum atomic E-state index is -0.0377. The van der Waals surface area contributed by atoms with Gasteiger partial charge in [-0.2, -0.15) is 0 Å². The standard InChI is InChI=1S/C16H25N3O/c1-10-4-5-14(15(9-10)19-17)16(20)18-13-7-11(2)6-12(3)8-13/h4-5,9,11-13,19H,6-8,17H2,1-3H3,(H,18,20). The zero-order valence-corrected chi connectivity index (χ0v) is 12.6. The number of hydrogen-bond donors (Lipinski definition) is 3. The fraction of sp³-hybridized carbons (Fsp3) is 0.562. The topological polar surface area (TPSA) is 67.2 Å². The van der Waals surface area contributed by atoms with Gasteiger partial charge < -0.3 is 10.7 Å². The first-order valence-corrected chi connectivity index (χ1v) is 7.37. The van der Waals surface area contributed by atoms with E-state index in [1.54, 1.807) is 0 Å². The van der Waals surface area contributed by atoms with Crippen LogP contribution in [0, 0.1) is 18.8 Å². The zero-order chi connectivity index (χ0) is 14.7. The van der Waals surface area contributed by atoms with Gasteiger partial charge in [-0.15, -0.1) is 0 Å². The van der Waals surface area contributed by atoms with E-state index < -0.39 is 0 Å². The van der Waals surface area contributed by atoms with E-state index in [9.17, 15) is 4.79 Å². The summed E-state index contributed by atoms with van der Waals surface area (Å²) in [5.74, 6) is 6.82. The smallest absolute Gasteiger partial charge is 0.253 e. The number of rotatable bonds is 3. The fourth-order valence-corrected chi connectivity index (χ4v) is 3.30. The Balaban J connectivity index is 2.08. The van der Waals surface area contributed by atoms with Crippen molar-refractivity contribution in [2.45, 2.75) is 46.1 Å². The Morgan fingerprint density at radius 2 is 1.85 bits per heavy atom. The SMILES string of the molecule is Cc1ccc(C(=O)NC2CC(C)CC(C)C2)c(NN)c1. The van der Waals surface area contributed by atoms with E-state index in [0.717, 1.165) is 18.4 Å². The molecule has 1 fully saturated rings. The lowest BCUT2D eigenvalue weighted by Crippen LogP contribution is -2.40. The van der Waals surface area contributed by atoms with Crippen LogP contribution in [0.1, 0.15) is 49.0 Å². The molecule has 0 bridgehead atoms. The summed E-state index contributed by atoms with van der Waals surface area (Å²) in [7, 11) is 0. The Morgan fingerprint density at radius 1 is 1.20 bits per heavy atom. The monoisotopic (exact) mass is 275 g/mol. The van der Waals surface area contributed by atoms with Gasteiger partial charge in [-0.25, -0.2) is 0 Å². The second kappa shape index (κ2) is 6.27. The van der Waals surface area contributed by atoms with Crippen LogP contribution in [-0.2, 0) is 0 Å². The maximum absolute atomic E-state index is 12.4. The number of nitrogens with two attached hydrogens (primary N) is 1. The molecule has 2 atom stereocenters. The van der Waals surface area contributed by atoms with Crippen LogP contribution in [0.3, 0.4) is 0 Å². The van der Waals surface area contributed by atoms with Gasteiger partial charge in [0.2, 0.25) is 0 Å². The molecular formula is C16H25N3O. The Bertz CT molecular complexity index is 477. The summed E-state index contributed by atoms with van der Waals surface area (Å²) in [6.45, 7) is 6.49. The van der Waals surface area contributed by atoms with Crippen molar-refractivity contribution in [1.29, 1.82) is 0 Å². The van der Waals surface area contributed by atoms with Crippen molar-refractivity contribution in [2.24, 2.45) is 17.7 Å². The van der Waals surface area contributed by atoms with Crippen molar-refractivity contribution in [1.82, 2.24) is 5.32 Å². The van der Waals surface area contributed by atoms with Gasteiger partial charge in [-0.1, -0.05) is 19.9 Å².